The third kappa shape index (κ3) is 2.65. The lowest BCUT2D eigenvalue weighted by Crippen LogP contribution is -2.01. The third-order valence-electron chi connectivity index (χ3n) is 4.01. The lowest BCUT2D eigenvalue weighted by molar-refractivity contribution is -0.136. The number of halogens is 1. The van der Waals surface area contributed by atoms with Gasteiger partial charge in [0.05, 0.1) is 11.9 Å². The molecule has 2 aromatic carbocycles. The molecule has 2 N–H and O–H groups in total. The van der Waals surface area contributed by atoms with Crippen LogP contribution in [0, 0.1) is 5.82 Å². The molecule has 1 heterocycles. The molecule has 118 valence electrons. The van der Waals surface area contributed by atoms with E-state index < -0.39 is 11.8 Å². The average Bonchev–Trinajstić information content (AvgIpc) is 2.77. The quantitative estimate of drug-likeness (QED) is 0.777. The van der Waals surface area contributed by atoms with Crippen LogP contribution < -0.4 is 0 Å². The highest BCUT2D eigenvalue weighted by Gasteiger charge is 2.22. The van der Waals surface area contributed by atoms with Crippen LogP contribution in [0.5, 0.6) is 5.88 Å². The van der Waals surface area contributed by atoms with Gasteiger partial charge in [-0.3, -0.25) is 4.79 Å². The number of carbonyl (C=O) groups is 1. The van der Waals surface area contributed by atoms with Gasteiger partial charge in [0.1, 0.15) is 5.82 Å². The fourth-order valence-electron chi connectivity index (χ4n) is 2.97. The minimum absolute atomic E-state index is 0.207. The first-order chi connectivity index (χ1) is 11.0. The predicted octanol–water partition coefficient (Wildman–Crippen LogP) is 3.24. The van der Waals surface area contributed by atoms with Crippen molar-refractivity contribution in [2.24, 2.45) is 7.05 Å². The van der Waals surface area contributed by atoms with E-state index >= 15 is 0 Å². The van der Waals surface area contributed by atoms with Crippen molar-refractivity contribution in [3.63, 3.8) is 0 Å². The lowest BCUT2D eigenvalue weighted by Gasteiger charge is -2.07. The van der Waals surface area contributed by atoms with Gasteiger partial charge in [-0.2, -0.15) is 0 Å². The average molecular weight is 313 g/mol. The predicted molar refractivity (Wildman–Crippen MR) is 85.1 cm³/mol. The number of carboxylic acid groups (broad SMARTS) is 1. The van der Waals surface area contributed by atoms with Crippen LogP contribution in [0.1, 0.15) is 16.7 Å². The van der Waals surface area contributed by atoms with Crippen LogP contribution in [0.2, 0.25) is 0 Å². The van der Waals surface area contributed by atoms with Gasteiger partial charge in [-0.1, -0.05) is 36.4 Å². The molecular formula is C18H16FNO3. The molecule has 0 aliphatic carbocycles. The summed E-state index contributed by atoms with van der Waals surface area (Å²) in [5.74, 6) is -1.75. The summed E-state index contributed by atoms with van der Waals surface area (Å²) in [6.07, 6.45) is 0.183. The Bertz CT molecular complexity index is 884. The Kier molecular flexibility index (Phi) is 3.78. The summed E-state index contributed by atoms with van der Waals surface area (Å²) in [5, 5.41) is 19.8. The largest absolute Gasteiger partial charge is 0.494 e. The molecule has 0 fully saturated rings. The molecule has 5 heteroatoms. The number of benzene rings is 2. The van der Waals surface area contributed by atoms with Gasteiger partial charge < -0.3 is 14.8 Å². The standard InChI is InChI=1S/C18H16FNO3/c1-20-17-14(19)8-7-12(9-11-5-3-2-4-6-11)16(17)13(18(20)23)10-15(21)22/h2-8,23H,9-10H2,1H3,(H,21,22). The lowest BCUT2D eigenvalue weighted by atomic mass is 9.98. The van der Waals surface area contributed by atoms with Crippen LogP contribution in [0.15, 0.2) is 42.5 Å². The zero-order valence-electron chi connectivity index (χ0n) is 12.6. The highest BCUT2D eigenvalue weighted by atomic mass is 19.1. The Morgan fingerprint density at radius 2 is 1.87 bits per heavy atom. The van der Waals surface area contributed by atoms with Crippen LogP contribution in [-0.4, -0.2) is 20.7 Å². The molecule has 0 amide bonds. The fourth-order valence-corrected chi connectivity index (χ4v) is 2.97. The van der Waals surface area contributed by atoms with Crippen LogP contribution in [0.4, 0.5) is 4.39 Å². The molecule has 1 aromatic heterocycles. The molecule has 0 aliphatic rings. The first-order valence-corrected chi connectivity index (χ1v) is 7.22. The molecule has 23 heavy (non-hydrogen) atoms. The molecule has 0 saturated heterocycles. The van der Waals surface area contributed by atoms with Gasteiger partial charge in [0.15, 0.2) is 5.88 Å². The zero-order valence-corrected chi connectivity index (χ0v) is 12.6. The summed E-state index contributed by atoms with van der Waals surface area (Å²) in [6.45, 7) is 0. The van der Waals surface area contributed by atoms with E-state index in [9.17, 15) is 14.3 Å². The first kappa shape index (κ1) is 15.1. The van der Waals surface area contributed by atoms with Gasteiger partial charge in [-0.25, -0.2) is 4.39 Å². The molecule has 0 unspecified atom stereocenters. The maximum atomic E-state index is 14.2. The Labute approximate surface area is 132 Å². The molecule has 0 atom stereocenters. The number of aromatic hydroxyl groups is 1. The van der Waals surface area contributed by atoms with Crippen LogP contribution in [0.3, 0.4) is 0 Å². The molecule has 3 rings (SSSR count). The summed E-state index contributed by atoms with van der Waals surface area (Å²) in [4.78, 5) is 11.1. The van der Waals surface area contributed by atoms with E-state index in [-0.39, 0.29) is 23.4 Å². The molecule has 4 nitrogen and oxygen atoms in total. The number of carboxylic acids is 1. The number of aryl methyl sites for hydroxylation is 1. The molecule has 0 saturated carbocycles. The van der Waals surface area contributed by atoms with E-state index in [1.807, 2.05) is 30.3 Å². The molecule has 0 bridgehead atoms. The highest BCUT2D eigenvalue weighted by molar-refractivity contribution is 5.93. The van der Waals surface area contributed by atoms with Crippen molar-refractivity contribution < 1.29 is 19.4 Å². The van der Waals surface area contributed by atoms with Gasteiger partial charge in [-0.15, -0.1) is 0 Å². The second-order valence-electron chi connectivity index (χ2n) is 5.52. The number of fused-ring (bicyclic) bond motifs is 1. The van der Waals surface area contributed by atoms with Gasteiger partial charge in [0.2, 0.25) is 0 Å². The monoisotopic (exact) mass is 313 g/mol. The third-order valence-corrected chi connectivity index (χ3v) is 4.01. The Morgan fingerprint density at radius 3 is 2.52 bits per heavy atom. The summed E-state index contributed by atoms with van der Waals surface area (Å²) in [7, 11) is 1.53. The van der Waals surface area contributed by atoms with Crippen molar-refractivity contribution in [2.45, 2.75) is 12.8 Å². The van der Waals surface area contributed by atoms with Crippen LogP contribution in [0.25, 0.3) is 10.9 Å². The van der Waals surface area contributed by atoms with E-state index in [1.165, 1.54) is 17.7 Å². The number of nitrogens with zero attached hydrogens (tertiary/aromatic N) is 1. The molecule has 0 spiro atoms. The van der Waals surface area contributed by atoms with Crippen molar-refractivity contribution in [3.05, 3.63) is 65.0 Å². The first-order valence-electron chi connectivity index (χ1n) is 7.22. The maximum absolute atomic E-state index is 14.2. The van der Waals surface area contributed by atoms with Crippen LogP contribution in [-0.2, 0) is 24.7 Å². The summed E-state index contributed by atoms with van der Waals surface area (Å²) >= 11 is 0. The summed E-state index contributed by atoms with van der Waals surface area (Å²) in [5.41, 5.74) is 2.30. The van der Waals surface area contributed by atoms with Crippen molar-refractivity contribution in [1.82, 2.24) is 4.57 Å². The summed E-state index contributed by atoms with van der Waals surface area (Å²) < 4.78 is 15.5. The Hall–Kier alpha value is -2.82. The summed E-state index contributed by atoms with van der Waals surface area (Å²) in [6, 6.07) is 12.6. The number of hydrogen-bond acceptors (Lipinski definition) is 2. The van der Waals surface area contributed by atoms with Gasteiger partial charge in [0, 0.05) is 18.0 Å². The van der Waals surface area contributed by atoms with E-state index in [0.29, 0.717) is 11.8 Å². The van der Waals surface area contributed by atoms with E-state index in [4.69, 9.17) is 5.11 Å². The van der Waals surface area contributed by atoms with E-state index in [2.05, 4.69) is 0 Å². The second kappa shape index (κ2) is 5.76. The molecule has 0 aliphatic heterocycles. The van der Waals surface area contributed by atoms with Crippen molar-refractivity contribution in [2.75, 3.05) is 0 Å². The molecular weight excluding hydrogens is 297 g/mol. The van der Waals surface area contributed by atoms with Gasteiger partial charge in [-0.05, 0) is 23.6 Å². The van der Waals surface area contributed by atoms with Crippen molar-refractivity contribution in [3.8, 4) is 5.88 Å². The van der Waals surface area contributed by atoms with Crippen LogP contribution >= 0.6 is 0 Å². The normalized spacial score (nSPS) is 11.0. The number of aliphatic carboxylic acids is 1. The van der Waals surface area contributed by atoms with E-state index in [1.54, 1.807) is 6.07 Å². The second-order valence-corrected chi connectivity index (χ2v) is 5.52. The number of hydrogen-bond donors (Lipinski definition) is 2. The number of aromatic nitrogens is 1. The minimum Gasteiger partial charge on any atom is -0.494 e. The van der Waals surface area contributed by atoms with E-state index in [0.717, 1.165) is 11.1 Å². The minimum atomic E-state index is -1.07. The number of rotatable bonds is 4. The van der Waals surface area contributed by atoms with Crippen molar-refractivity contribution >= 4 is 16.9 Å². The Balaban J connectivity index is 2.24. The fraction of sp³-hybridized carbons (Fsp3) is 0.167. The van der Waals surface area contributed by atoms with Gasteiger partial charge >= 0.3 is 5.97 Å². The van der Waals surface area contributed by atoms with Gasteiger partial charge in [0.25, 0.3) is 0 Å². The maximum Gasteiger partial charge on any atom is 0.308 e. The zero-order chi connectivity index (χ0) is 16.6. The Morgan fingerprint density at radius 1 is 1.17 bits per heavy atom. The molecule has 0 radical (unpaired) electrons. The highest BCUT2D eigenvalue weighted by Crippen LogP contribution is 2.35. The topological polar surface area (TPSA) is 62.5 Å². The molecule has 3 aromatic rings. The van der Waals surface area contributed by atoms with Crippen molar-refractivity contribution in [1.29, 1.82) is 0 Å². The smallest absolute Gasteiger partial charge is 0.308 e. The SMILES string of the molecule is Cn1c(O)c(CC(=O)O)c2c(Cc3ccccc3)ccc(F)c21.